The summed E-state index contributed by atoms with van der Waals surface area (Å²) in [6.45, 7) is 4.47. The fourth-order valence-electron chi connectivity index (χ4n) is 2.24. The molecule has 0 aromatic heterocycles. The van der Waals surface area contributed by atoms with Crippen molar-refractivity contribution < 1.29 is 4.74 Å². The summed E-state index contributed by atoms with van der Waals surface area (Å²) in [4.78, 5) is 2.32. The number of nitrogens with zero attached hydrogens (tertiary/aromatic N) is 1. The molecule has 1 aromatic rings. The van der Waals surface area contributed by atoms with E-state index in [4.69, 9.17) is 10.5 Å². The number of likely N-dealkylation sites (N-methyl/N-ethyl adjacent to an activating group) is 1. The van der Waals surface area contributed by atoms with Gasteiger partial charge >= 0.3 is 0 Å². The fraction of sp³-hybridized carbons (Fsp3) is 0.625. The Morgan fingerprint density at radius 2 is 2.00 bits per heavy atom. The standard InChI is InChI=1S/C16H26N2O/c1-18(10-11-19-13-14-6-7-14)12-16-5-3-2-4-15(16)8-9-17/h2-5,14H,6-13,17H2,1H3. The SMILES string of the molecule is CN(CCOCC1CC1)Cc1ccccc1CCN. The van der Waals surface area contributed by atoms with Crippen LogP contribution in [0.1, 0.15) is 24.0 Å². The highest BCUT2D eigenvalue weighted by atomic mass is 16.5. The van der Waals surface area contributed by atoms with E-state index >= 15 is 0 Å². The number of nitrogens with two attached hydrogens (primary N) is 1. The molecular formula is C16H26N2O. The zero-order valence-corrected chi connectivity index (χ0v) is 12.0. The van der Waals surface area contributed by atoms with Gasteiger partial charge in [-0.1, -0.05) is 24.3 Å². The van der Waals surface area contributed by atoms with Gasteiger partial charge in [-0.25, -0.2) is 0 Å². The van der Waals surface area contributed by atoms with Gasteiger partial charge in [-0.05, 0) is 49.9 Å². The van der Waals surface area contributed by atoms with Crippen LogP contribution in [0.2, 0.25) is 0 Å². The molecule has 106 valence electrons. The summed E-state index contributed by atoms with van der Waals surface area (Å²) >= 11 is 0. The van der Waals surface area contributed by atoms with E-state index in [-0.39, 0.29) is 0 Å². The van der Waals surface area contributed by atoms with Crippen LogP contribution in [-0.2, 0) is 17.7 Å². The van der Waals surface area contributed by atoms with E-state index in [1.807, 2.05) is 0 Å². The highest BCUT2D eigenvalue weighted by Gasteiger charge is 2.20. The van der Waals surface area contributed by atoms with Gasteiger partial charge in [0.25, 0.3) is 0 Å². The van der Waals surface area contributed by atoms with E-state index < -0.39 is 0 Å². The van der Waals surface area contributed by atoms with Crippen molar-refractivity contribution in [1.29, 1.82) is 0 Å². The molecule has 2 rings (SSSR count). The van der Waals surface area contributed by atoms with Crippen LogP contribution in [0.15, 0.2) is 24.3 Å². The minimum absolute atomic E-state index is 0.714. The lowest BCUT2D eigenvalue weighted by Crippen LogP contribution is -2.24. The molecule has 1 saturated carbocycles. The molecule has 0 saturated heterocycles. The largest absolute Gasteiger partial charge is 0.380 e. The van der Waals surface area contributed by atoms with Crippen molar-refractivity contribution in [2.75, 3.05) is 33.4 Å². The van der Waals surface area contributed by atoms with Crippen molar-refractivity contribution in [2.24, 2.45) is 11.7 Å². The second kappa shape index (κ2) is 7.63. The first-order valence-corrected chi connectivity index (χ1v) is 7.32. The van der Waals surface area contributed by atoms with Crippen LogP contribution in [0.25, 0.3) is 0 Å². The normalized spacial score (nSPS) is 15.1. The van der Waals surface area contributed by atoms with Gasteiger partial charge in [0.2, 0.25) is 0 Å². The van der Waals surface area contributed by atoms with Crippen molar-refractivity contribution in [1.82, 2.24) is 4.90 Å². The van der Waals surface area contributed by atoms with Crippen LogP contribution in [0.5, 0.6) is 0 Å². The van der Waals surface area contributed by atoms with Crippen LogP contribution >= 0.6 is 0 Å². The lowest BCUT2D eigenvalue weighted by atomic mass is 10.0. The monoisotopic (exact) mass is 262 g/mol. The highest BCUT2D eigenvalue weighted by Crippen LogP contribution is 2.28. The van der Waals surface area contributed by atoms with Crippen molar-refractivity contribution in [2.45, 2.75) is 25.8 Å². The Morgan fingerprint density at radius 1 is 1.26 bits per heavy atom. The molecule has 3 heteroatoms. The summed E-state index contributed by atoms with van der Waals surface area (Å²) in [6.07, 6.45) is 3.69. The van der Waals surface area contributed by atoms with E-state index in [1.165, 1.54) is 24.0 Å². The Morgan fingerprint density at radius 3 is 2.68 bits per heavy atom. The van der Waals surface area contributed by atoms with Gasteiger partial charge < -0.3 is 10.5 Å². The molecule has 1 aliphatic rings. The first-order valence-electron chi connectivity index (χ1n) is 7.32. The molecule has 1 aliphatic carbocycles. The molecule has 19 heavy (non-hydrogen) atoms. The van der Waals surface area contributed by atoms with Crippen molar-refractivity contribution in [3.8, 4) is 0 Å². The lowest BCUT2D eigenvalue weighted by molar-refractivity contribution is 0.102. The average Bonchev–Trinajstić information content (AvgIpc) is 3.21. The van der Waals surface area contributed by atoms with Gasteiger partial charge in [0.1, 0.15) is 0 Å². The Kier molecular flexibility index (Phi) is 5.83. The minimum atomic E-state index is 0.714. The summed E-state index contributed by atoms with van der Waals surface area (Å²) < 4.78 is 5.68. The number of benzene rings is 1. The fourth-order valence-corrected chi connectivity index (χ4v) is 2.24. The number of ether oxygens (including phenoxy) is 1. The second-order valence-electron chi connectivity index (χ2n) is 5.56. The third-order valence-electron chi connectivity index (χ3n) is 3.64. The molecular weight excluding hydrogens is 236 g/mol. The molecule has 2 N–H and O–H groups in total. The van der Waals surface area contributed by atoms with Crippen molar-refractivity contribution >= 4 is 0 Å². The van der Waals surface area contributed by atoms with E-state index in [2.05, 4.69) is 36.2 Å². The third-order valence-corrected chi connectivity index (χ3v) is 3.64. The summed E-state index contributed by atoms with van der Waals surface area (Å²) in [5.74, 6) is 0.857. The van der Waals surface area contributed by atoms with E-state index in [0.717, 1.165) is 38.6 Å². The maximum Gasteiger partial charge on any atom is 0.0593 e. The van der Waals surface area contributed by atoms with Gasteiger partial charge in [0.15, 0.2) is 0 Å². The Hall–Kier alpha value is -0.900. The molecule has 3 nitrogen and oxygen atoms in total. The number of rotatable bonds is 9. The van der Waals surface area contributed by atoms with E-state index in [9.17, 15) is 0 Å². The maximum absolute atomic E-state index is 5.68. The molecule has 1 fully saturated rings. The van der Waals surface area contributed by atoms with Crippen LogP contribution in [0.4, 0.5) is 0 Å². The van der Waals surface area contributed by atoms with Gasteiger partial charge in [-0.3, -0.25) is 4.90 Å². The smallest absolute Gasteiger partial charge is 0.0593 e. The predicted octanol–water partition coefficient (Wildman–Crippen LogP) is 2.05. The van der Waals surface area contributed by atoms with Crippen LogP contribution in [0, 0.1) is 5.92 Å². The first-order chi connectivity index (χ1) is 9.29. The summed E-state index contributed by atoms with van der Waals surface area (Å²) in [7, 11) is 2.15. The van der Waals surface area contributed by atoms with Gasteiger partial charge in [-0.2, -0.15) is 0 Å². The number of hydrogen-bond donors (Lipinski definition) is 1. The Balaban J connectivity index is 1.72. The van der Waals surface area contributed by atoms with Crippen LogP contribution in [0.3, 0.4) is 0 Å². The molecule has 1 aromatic carbocycles. The molecule has 0 aliphatic heterocycles. The zero-order valence-electron chi connectivity index (χ0n) is 12.0. The Labute approximate surface area is 116 Å². The second-order valence-corrected chi connectivity index (χ2v) is 5.56. The van der Waals surface area contributed by atoms with Crippen LogP contribution < -0.4 is 5.73 Å². The quantitative estimate of drug-likeness (QED) is 0.692. The predicted molar refractivity (Wildman–Crippen MR) is 79.1 cm³/mol. The van der Waals surface area contributed by atoms with Crippen LogP contribution in [-0.4, -0.2) is 38.3 Å². The van der Waals surface area contributed by atoms with Crippen molar-refractivity contribution in [3.63, 3.8) is 0 Å². The lowest BCUT2D eigenvalue weighted by Gasteiger charge is -2.18. The molecule has 0 radical (unpaired) electrons. The highest BCUT2D eigenvalue weighted by molar-refractivity contribution is 5.27. The number of hydrogen-bond acceptors (Lipinski definition) is 3. The topological polar surface area (TPSA) is 38.5 Å². The molecule has 0 spiro atoms. The molecule has 0 bridgehead atoms. The minimum Gasteiger partial charge on any atom is -0.380 e. The van der Waals surface area contributed by atoms with E-state index in [1.54, 1.807) is 0 Å². The Bertz CT molecular complexity index is 377. The van der Waals surface area contributed by atoms with E-state index in [0.29, 0.717) is 6.54 Å². The zero-order chi connectivity index (χ0) is 13.5. The third kappa shape index (κ3) is 5.31. The summed E-state index contributed by atoms with van der Waals surface area (Å²) in [5, 5.41) is 0. The average molecular weight is 262 g/mol. The van der Waals surface area contributed by atoms with Gasteiger partial charge in [0, 0.05) is 19.7 Å². The molecule has 0 atom stereocenters. The van der Waals surface area contributed by atoms with Gasteiger partial charge in [0.05, 0.1) is 6.61 Å². The maximum atomic E-state index is 5.68. The molecule has 0 unspecified atom stereocenters. The summed E-state index contributed by atoms with van der Waals surface area (Å²) in [6, 6.07) is 8.58. The summed E-state index contributed by atoms with van der Waals surface area (Å²) in [5.41, 5.74) is 8.42. The molecule has 0 heterocycles. The molecule has 0 amide bonds. The van der Waals surface area contributed by atoms with Gasteiger partial charge in [-0.15, -0.1) is 0 Å². The first kappa shape index (κ1) is 14.5. The van der Waals surface area contributed by atoms with Crippen molar-refractivity contribution in [3.05, 3.63) is 35.4 Å².